The fraction of sp³-hybridized carbons (Fsp3) is 0.346. The van der Waals surface area contributed by atoms with E-state index < -0.39 is 6.29 Å². The number of amides is 2. The normalized spacial score (nSPS) is 20.9. The minimum Gasteiger partial charge on any atom is -0.463 e. The summed E-state index contributed by atoms with van der Waals surface area (Å²) in [5.41, 5.74) is 2.29. The summed E-state index contributed by atoms with van der Waals surface area (Å²) >= 11 is 0. The van der Waals surface area contributed by atoms with Gasteiger partial charge in [0.2, 0.25) is 18.0 Å². The Kier molecular flexibility index (Phi) is 5.97. The van der Waals surface area contributed by atoms with E-state index in [0.29, 0.717) is 72.1 Å². The van der Waals surface area contributed by atoms with Crippen molar-refractivity contribution in [2.75, 3.05) is 51.2 Å². The molecule has 14 nitrogen and oxygen atoms in total. The van der Waals surface area contributed by atoms with Crippen LogP contribution in [0.2, 0.25) is 0 Å². The van der Waals surface area contributed by atoms with Crippen LogP contribution in [0.3, 0.4) is 0 Å². The second kappa shape index (κ2) is 9.71. The molecule has 212 valence electrons. The van der Waals surface area contributed by atoms with Crippen molar-refractivity contribution in [3.63, 3.8) is 0 Å². The fourth-order valence-electron chi connectivity index (χ4n) is 5.55. The maximum absolute atomic E-state index is 15.0. The standard InChI is InChI=1S/C26H28FN11O3/c1-16-30-23(32-41-16)17-5-6-19(18(27)14-17)35-10-7-34(8-11-35)9-12-36-25-31-24-22(38(25)33(2)26(36)39)21(29-15-37(24)28)20-4-3-13-40-20/h3-6,13-15,25H,7-12,28H2,1-2H3. The largest absolute Gasteiger partial charge is 0.463 e. The van der Waals surface area contributed by atoms with Gasteiger partial charge in [-0.25, -0.2) is 40.0 Å². The van der Waals surface area contributed by atoms with Crippen molar-refractivity contribution in [2.45, 2.75) is 13.2 Å². The number of piperazine rings is 1. The SMILES string of the molecule is Cc1nc(-c2ccc(N3CCN(CCN4C(=O)N(C)N5C6=C(c7ccco7)N=CN(N)C6=NC45)CC3)c(F)c2)no1. The Hall–Kier alpha value is -4.76. The third-order valence-corrected chi connectivity index (χ3v) is 7.66. The van der Waals surface area contributed by atoms with Crippen molar-refractivity contribution >= 4 is 29.6 Å². The smallest absolute Gasteiger partial charge is 0.341 e. The molecule has 0 radical (unpaired) electrons. The molecule has 0 saturated carbocycles. The van der Waals surface area contributed by atoms with Crippen molar-refractivity contribution < 1.29 is 18.1 Å². The number of halogens is 1. The van der Waals surface area contributed by atoms with E-state index in [9.17, 15) is 4.79 Å². The van der Waals surface area contributed by atoms with Crippen LogP contribution in [0.25, 0.3) is 17.1 Å². The van der Waals surface area contributed by atoms with Gasteiger partial charge in [0.1, 0.15) is 23.5 Å². The molecule has 0 spiro atoms. The fourth-order valence-corrected chi connectivity index (χ4v) is 5.55. The van der Waals surface area contributed by atoms with Gasteiger partial charge in [-0.15, -0.1) is 0 Å². The number of furan rings is 1. The van der Waals surface area contributed by atoms with Crippen molar-refractivity contribution in [3.05, 3.63) is 59.8 Å². The average molecular weight is 562 g/mol. The number of hydrogen-bond donors (Lipinski definition) is 1. The number of nitrogens with zero attached hydrogens (tertiary/aromatic N) is 10. The van der Waals surface area contributed by atoms with Crippen LogP contribution in [0.1, 0.15) is 11.7 Å². The molecule has 2 amide bonds. The molecule has 2 saturated heterocycles. The lowest BCUT2D eigenvalue weighted by Gasteiger charge is -2.37. The first kappa shape index (κ1) is 25.2. The predicted octanol–water partition coefficient (Wildman–Crippen LogP) is 1.77. The van der Waals surface area contributed by atoms with Crippen LogP contribution < -0.4 is 10.7 Å². The van der Waals surface area contributed by atoms with Crippen molar-refractivity contribution in [3.8, 4) is 11.4 Å². The molecule has 1 atom stereocenters. The summed E-state index contributed by atoms with van der Waals surface area (Å²) in [6, 6.07) is 8.42. The number of amidine groups is 1. The second-order valence-corrected chi connectivity index (χ2v) is 10.1. The first-order valence-electron chi connectivity index (χ1n) is 13.2. The van der Waals surface area contributed by atoms with Crippen LogP contribution >= 0.6 is 0 Å². The minimum absolute atomic E-state index is 0.167. The number of carbonyl (C=O) groups is 1. The third-order valence-electron chi connectivity index (χ3n) is 7.66. The maximum atomic E-state index is 15.0. The van der Waals surface area contributed by atoms with E-state index in [1.54, 1.807) is 54.4 Å². The molecule has 1 unspecified atom stereocenters. The van der Waals surface area contributed by atoms with E-state index in [0.717, 1.165) is 13.1 Å². The Morgan fingerprint density at radius 3 is 2.68 bits per heavy atom. The zero-order valence-corrected chi connectivity index (χ0v) is 22.5. The zero-order chi connectivity index (χ0) is 28.2. The Balaban J connectivity index is 1.01. The molecule has 4 aliphatic heterocycles. The number of nitrogens with two attached hydrogens (primary N) is 1. The van der Waals surface area contributed by atoms with Gasteiger partial charge in [-0.2, -0.15) is 4.98 Å². The molecule has 3 aromatic rings. The van der Waals surface area contributed by atoms with E-state index in [2.05, 4.69) is 20.0 Å². The molecule has 2 N–H and O–H groups in total. The number of aliphatic imine (C=N–C) groups is 2. The van der Waals surface area contributed by atoms with Crippen molar-refractivity contribution in [1.82, 2.24) is 35.0 Å². The number of hydrazine groups is 2. The first-order valence-corrected chi connectivity index (χ1v) is 13.2. The Labute approximate surface area is 234 Å². The van der Waals surface area contributed by atoms with Crippen LogP contribution in [0.4, 0.5) is 14.9 Å². The molecule has 2 fully saturated rings. The monoisotopic (exact) mass is 561 g/mol. The quantitative estimate of drug-likeness (QED) is 0.443. The summed E-state index contributed by atoms with van der Waals surface area (Å²) in [4.78, 5) is 32.7. The summed E-state index contributed by atoms with van der Waals surface area (Å²) in [5, 5.41) is 8.55. The average Bonchev–Trinajstić information content (AvgIpc) is 3.77. The summed E-state index contributed by atoms with van der Waals surface area (Å²) < 4.78 is 25.6. The van der Waals surface area contributed by atoms with Crippen LogP contribution in [-0.2, 0) is 0 Å². The van der Waals surface area contributed by atoms with Crippen LogP contribution in [0, 0.1) is 12.7 Å². The Morgan fingerprint density at radius 2 is 1.98 bits per heavy atom. The second-order valence-electron chi connectivity index (χ2n) is 10.1. The molecule has 0 aliphatic carbocycles. The summed E-state index contributed by atoms with van der Waals surface area (Å²) in [6.45, 7) is 5.57. The topological polar surface area (TPSA) is 139 Å². The van der Waals surface area contributed by atoms with Gasteiger partial charge in [-0.05, 0) is 30.3 Å². The van der Waals surface area contributed by atoms with Crippen LogP contribution in [0.15, 0.2) is 61.2 Å². The summed E-state index contributed by atoms with van der Waals surface area (Å²) in [7, 11) is 1.71. The highest BCUT2D eigenvalue weighted by atomic mass is 19.1. The van der Waals surface area contributed by atoms with Gasteiger partial charge in [-0.3, -0.25) is 9.80 Å². The molecule has 0 bridgehead atoms. The molecule has 7 rings (SSSR count). The molecular weight excluding hydrogens is 533 g/mol. The van der Waals surface area contributed by atoms with Crippen LogP contribution in [-0.4, -0.2) is 106 Å². The van der Waals surface area contributed by atoms with Gasteiger partial charge in [0, 0.05) is 58.8 Å². The summed E-state index contributed by atoms with van der Waals surface area (Å²) in [5.74, 6) is 7.70. The molecule has 2 aromatic heterocycles. The molecule has 6 heterocycles. The number of aryl methyl sites for hydroxylation is 1. The predicted molar refractivity (Wildman–Crippen MR) is 146 cm³/mol. The first-order chi connectivity index (χ1) is 19.9. The van der Waals surface area contributed by atoms with Gasteiger partial charge in [0.05, 0.1) is 12.0 Å². The molecule has 41 heavy (non-hydrogen) atoms. The highest BCUT2D eigenvalue weighted by Gasteiger charge is 2.51. The number of fused-ring (bicyclic) bond motifs is 3. The molecule has 1 aromatic carbocycles. The van der Waals surface area contributed by atoms with Gasteiger partial charge in [0.25, 0.3) is 0 Å². The number of aromatic nitrogens is 2. The summed E-state index contributed by atoms with van der Waals surface area (Å²) in [6.07, 6.45) is 2.48. The highest BCUT2D eigenvalue weighted by molar-refractivity contribution is 6.12. The number of benzene rings is 1. The Bertz CT molecular complexity index is 1570. The van der Waals surface area contributed by atoms with Crippen molar-refractivity contribution in [2.24, 2.45) is 15.8 Å². The van der Waals surface area contributed by atoms with E-state index in [1.807, 2.05) is 4.90 Å². The number of anilines is 1. The minimum atomic E-state index is -0.577. The van der Waals surface area contributed by atoms with E-state index in [4.69, 9.17) is 19.8 Å². The van der Waals surface area contributed by atoms with E-state index >= 15 is 4.39 Å². The van der Waals surface area contributed by atoms with Gasteiger partial charge < -0.3 is 13.8 Å². The third kappa shape index (κ3) is 4.20. The number of rotatable bonds is 6. The molecule has 15 heteroatoms. The number of hydrogen-bond acceptors (Lipinski definition) is 12. The van der Waals surface area contributed by atoms with Gasteiger partial charge in [0.15, 0.2) is 11.6 Å². The van der Waals surface area contributed by atoms with E-state index in [-0.39, 0.29) is 11.8 Å². The van der Waals surface area contributed by atoms with Crippen LogP contribution in [0.5, 0.6) is 0 Å². The number of urea groups is 1. The van der Waals surface area contributed by atoms with Crippen molar-refractivity contribution in [1.29, 1.82) is 0 Å². The van der Waals surface area contributed by atoms with Gasteiger partial charge >= 0.3 is 6.03 Å². The lowest BCUT2D eigenvalue weighted by Crippen LogP contribution is -2.49. The number of carbonyl (C=O) groups excluding carboxylic acids is 1. The molecule has 4 aliphatic rings. The molecular formula is C26H28FN11O3. The lowest BCUT2D eigenvalue weighted by molar-refractivity contribution is 0.0841. The van der Waals surface area contributed by atoms with E-state index in [1.165, 1.54) is 22.4 Å². The lowest BCUT2D eigenvalue weighted by atomic mass is 10.1. The Morgan fingerprint density at radius 1 is 1.15 bits per heavy atom. The maximum Gasteiger partial charge on any atom is 0.341 e. The van der Waals surface area contributed by atoms with Gasteiger partial charge in [-0.1, -0.05) is 5.16 Å². The zero-order valence-electron chi connectivity index (χ0n) is 22.5. The highest BCUT2D eigenvalue weighted by Crippen LogP contribution is 2.38.